The molecule has 0 saturated carbocycles. The van der Waals surface area contributed by atoms with E-state index in [0.29, 0.717) is 0 Å². The molecular weight excluding hydrogens is 492 g/mol. The summed E-state index contributed by atoms with van der Waals surface area (Å²) < 4.78 is 5.02. The second-order valence-electron chi connectivity index (χ2n) is 9.59. The number of fused-ring (bicyclic) bond motifs is 8. The van der Waals surface area contributed by atoms with E-state index >= 15 is 0 Å². The van der Waals surface area contributed by atoms with E-state index in [1.807, 2.05) is 30.5 Å². The Morgan fingerprint density at radius 2 is 1.38 bits per heavy atom. The van der Waals surface area contributed by atoms with Gasteiger partial charge in [0.15, 0.2) is 0 Å². The van der Waals surface area contributed by atoms with Crippen LogP contribution in [0.15, 0.2) is 134 Å². The number of hydrogen-bond acceptors (Lipinski definition) is 2. The highest BCUT2D eigenvalue weighted by atomic mass is 32.1. The van der Waals surface area contributed by atoms with Crippen molar-refractivity contribution in [3.8, 4) is 16.8 Å². The molecule has 0 aliphatic heterocycles. The van der Waals surface area contributed by atoms with Crippen LogP contribution in [0.1, 0.15) is 6.92 Å². The minimum Gasteiger partial charge on any atom is -0.307 e. The Morgan fingerprint density at radius 1 is 0.667 bits per heavy atom. The summed E-state index contributed by atoms with van der Waals surface area (Å²) in [6.07, 6.45) is 3.66. The molecule has 0 aliphatic carbocycles. The van der Waals surface area contributed by atoms with Gasteiger partial charge >= 0.3 is 0 Å². The molecule has 0 N–H and O–H groups in total. The van der Waals surface area contributed by atoms with Gasteiger partial charge in [0.1, 0.15) is 0 Å². The van der Waals surface area contributed by atoms with Crippen molar-refractivity contribution in [2.24, 2.45) is 0 Å². The van der Waals surface area contributed by atoms with Gasteiger partial charge < -0.3 is 4.57 Å². The van der Waals surface area contributed by atoms with Gasteiger partial charge in [0.25, 0.3) is 0 Å². The molecule has 0 fully saturated rings. The third-order valence-corrected chi connectivity index (χ3v) is 8.46. The summed E-state index contributed by atoms with van der Waals surface area (Å²) in [5.74, 6) is 0. The van der Waals surface area contributed by atoms with Crippen LogP contribution in [0.3, 0.4) is 0 Å². The smallest absolute Gasteiger partial charge is 0.0977 e. The molecule has 5 aromatic carbocycles. The number of allylic oxidation sites excluding steroid dienone is 1. The maximum Gasteiger partial charge on any atom is 0.0977 e. The second kappa shape index (κ2) is 9.54. The zero-order valence-corrected chi connectivity index (χ0v) is 22.5. The Hall–Kier alpha value is -4.73. The lowest BCUT2D eigenvalue weighted by Crippen LogP contribution is -1.96. The van der Waals surface area contributed by atoms with E-state index in [9.17, 15) is 0 Å². The molecule has 0 amide bonds. The molecule has 39 heavy (non-hydrogen) atoms. The molecule has 0 saturated heterocycles. The molecule has 8 aromatic rings. The van der Waals surface area contributed by atoms with Gasteiger partial charge in [-0.05, 0) is 53.8 Å². The minimum atomic E-state index is 1.06. The highest BCUT2D eigenvalue weighted by Gasteiger charge is 2.19. The van der Waals surface area contributed by atoms with E-state index in [0.717, 1.165) is 11.0 Å². The Labute approximate surface area is 231 Å². The van der Waals surface area contributed by atoms with Crippen LogP contribution in [0.2, 0.25) is 0 Å². The topological polar surface area (TPSA) is 17.8 Å². The molecule has 3 aromatic heterocycles. The number of hydrogen-bond donors (Lipinski definition) is 0. The molecular formula is C36H26N2S. The maximum atomic E-state index is 4.91. The largest absolute Gasteiger partial charge is 0.307 e. The fourth-order valence-electron chi connectivity index (χ4n) is 5.70. The first-order chi connectivity index (χ1) is 19.3. The summed E-state index contributed by atoms with van der Waals surface area (Å²) in [6, 6.07) is 41.4. The van der Waals surface area contributed by atoms with Crippen LogP contribution in [0.4, 0.5) is 0 Å². The SMILES string of the molecule is C=CC.c1ccc(-c2ccc(-n3c4cccnc4c4c5sc6ccccc6c5ccc43)c3ccccc23)cc1. The quantitative estimate of drug-likeness (QED) is 0.208. The van der Waals surface area contributed by atoms with Crippen LogP contribution in [-0.4, -0.2) is 9.55 Å². The Balaban J connectivity index is 0.000000809. The number of thiophene rings is 1. The van der Waals surface area contributed by atoms with Crippen molar-refractivity contribution < 1.29 is 0 Å². The predicted octanol–water partition coefficient (Wildman–Crippen LogP) is 10.6. The average molecular weight is 519 g/mol. The van der Waals surface area contributed by atoms with Gasteiger partial charge in [0.2, 0.25) is 0 Å². The molecule has 2 nitrogen and oxygen atoms in total. The van der Waals surface area contributed by atoms with Crippen LogP contribution < -0.4 is 0 Å². The zero-order valence-electron chi connectivity index (χ0n) is 21.6. The van der Waals surface area contributed by atoms with Crippen LogP contribution in [0.5, 0.6) is 0 Å². The molecule has 186 valence electrons. The van der Waals surface area contributed by atoms with Gasteiger partial charge in [-0.25, -0.2) is 0 Å². The first-order valence-electron chi connectivity index (χ1n) is 13.1. The number of nitrogens with zero attached hydrogens (tertiary/aromatic N) is 2. The van der Waals surface area contributed by atoms with Crippen LogP contribution in [0.25, 0.3) is 69.7 Å². The second-order valence-corrected chi connectivity index (χ2v) is 10.6. The van der Waals surface area contributed by atoms with Crippen molar-refractivity contribution in [2.75, 3.05) is 0 Å². The van der Waals surface area contributed by atoms with Crippen molar-refractivity contribution in [3.05, 3.63) is 134 Å². The van der Waals surface area contributed by atoms with Crippen molar-refractivity contribution in [1.82, 2.24) is 9.55 Å². The minimum absolute atomic E-state index is 1.06. The summed E-state index contributed by atoms with van der Waals surface area (Å²) in [4.78, 5) is 4.91. The molecule has 3 heteroatoms. The van der Waals surface area contributed by atoms with Crippen LogP contribution >= 0.6 is 11.3 Å². The van der Waals surface area contributed by atoms with E-state index in [1.165, 1.54) is 58.7 Å². The molecule has 0 spiro atoms. The van der Waals surface area contributed by atoms with E-state index < -0.39 is 0 Å². The van der Waals surface area contributed by atoms with Gasteiger partial charge in [0.05, 0.1) is 22.2 Å². The van der Waals surface area contributed by atoms with Gasteiger partial charge in [0, 0.05) is 37.1 Å². The van der Waals surface area contributed by atoms with Crippen LogP contribution in [-0.2, 0) is 0 Å². The zero-order chi connectivity index (χ0) is 26.3. The molecule has 0 bridgehead atoms. The van der Waals surface area contributed by atoms with E-state index in [4.69, 9.17) is 4.98 Å². The monoisotopic (exact) mass is 518 g/mol. The van der Waals surface area contributed by atoms with Crippen molar-refractivity contribution in [3.63, 3.8) is 0 Å². The first kappa shape index (κ1) is 23.4. The van der Waals surface area contributed by atoms with E-state index in [2.05, 4.69) is 120 Å². The highest BCUT2D eigenvalue weighted by molar-refractivity contribution is 7.26. The Kier molecular flexibility index (Phi) is 5.72. The average Bonchev–Trinajstić information content (AvgIpc) is 3.53. The summed E-state index contributed by atoms with van der Waals surface area (Å²) in [6.45, 7) is 5.25. The summed E-state index contributed by atoms with van der Waals surface area (Å²) >= 11 is 1.86. The summed E-state index contributed by atoms with van der Waals surface area (Å²) in [5.41, 5.74) is 7.05. The molecule has 0 unspecified atom stereocenters. The number of rotatable bonds is 2. The predicted molar refractivity (Wildman–Crippen MR) is 170 cm³/mol. The fraction of sp³-hybridized carbons (Fsp3) is 0.0278. The lowest BCUT2D eigenvalue weighted by Gasteiger charge is -2.14. The number of pyridine rings is 1. The normalized spacial score (nSPS) is 11.3. The maximum absolute atomic E-state index is 4.91. The fourth-order valence-corrected chi connectivity index (χ4v) is 6.95. The van der Waals surface area contributed by atoms with E-state index in [-0.39, 0.29) is 0 Å². The molecule has 0 radical (unpaired) electrons. The summed E-state index contributed by atoms with van der Waals surface area (Å²) in [7, 11) is 0. The third kappa shape index (κ3) is 3.66. The molecule has 3 heterocycles. The number of benzene rings is 5. The molecule has 0 aliphatic rings. The Morgan fingerprint density at radius 3 is 2.21 bits per heavy atom. The van der Waals surface area contributed by atoms with E-state index in [1.54, 1.807) is 6.08 Å². The van der Waals surface area contributed by atoms with Crippen molar-refractivity contribution in [1.29, 1.82) is 0 Å². The van der Waals surface area contributed by atoms with Gasteiger partial charge in [-0.15, -0.1) is 17.9 Å². The lowest BCUT2D eigenvalue weighted by atomic mass is 9.97. The van der Waals surface area contributed by atoms with Gasteiger partial charge in [-0.1, -0.05) is 91.0 Å². The summed E-state index contributed by atoms with van der Waals surface area (Å²) in [5, 5.41) is 6.34. The van der Waals surface area contributed by atoms with Crippen LogP contribution in [0, 0.1) is 0 Å². The molecule has 8 rings (SSSR count). The highest BCUT2D eigenvalue weighted by Crippen LogP contribution is 2.43. The third-order valence-electron chi connectivity index (χ3n) is 7.26. The first-order valence-corrected chi connectivity index (χ1v) is 14.0. The standard InChI is InChI=1S/C33H20N2S.C3H6/c1-2-9-21(10-3-1)22-16-18-27(24-12-5-4-11-23(22)24)35-28-19-17-26-25-13-6-7-15-30(25)36-33(26)31(28)32-29(35)14-8-20-34-32;1-3-2/h1-20H;3H,1H2,2H3. The van der Waals surface area contributed by atoms with Crippen molar-refractivity contribution in [2.45, 2.75) is 6.92 Å². The molecule has 0 atom stereocenters. The Bertz CT molecular complexity index is 2150. The van der Waals surface area contributed by atoms with Crippen molar-refractivity contribution >= 4 is 64.2 Å². The lowest BCUT2D eigenvalue weighted by molar-refractivity contribution is 1.19. The van der Waals surface area contributed by atoms with Gasteiger partial charge in [-0.3, -0.25) is 4.98 Å². The van der Waals surface area contributed by atoms with Gasteiger partial charge in [-0.2, -0.15) is 0 Å². The number of aromatic nitrogens is 2.